The normalized spacial score (nSPS) is 23.9. The van der Waals surface area contributed by atoms with Crippen molar-refractivity contribution in [3.63, 3.8) is 0 Å². The van der Waals surface area contributed by atoms with Gasteiger partial charge in [0.25, 0.3) is 0 Å². The third-order valence-electron chi connectivity index (χ3n) is 3.61. The van der Waals surface area contributed by atoms with E-state index in [4.69, 9.17) is 5.73 Å². The molecule has 2 unspecified atom stereocenters. The predicted molar refractivity (Wildman–Crippen MR) is 75.3 cm³/mol. The Bertz CT molecular complexity index is 661. The number of nitrogens with zero attached hydrogens (tertiary/aromatic N) is 2. The Morgan fingerprint density at radius 2 is 2.14 bits per heavy atom. The van der Waals surface area contributed by atoms with E-state index in [-0.39, 0.29) is 23.5 Å². The SMILES string of the molecule is CC1CC(N)CCN1S(=O)(=O)c1ccc(O)c([N+](=O)[O-])c1. The van der Waals surface area contributed by atoms with E-state index in [0.717, 1.165) is 12.1 Å². The van der Waals surface area contributed by atoms with E-state index in [2.05, 4.69) is 0 Å². The fraction of sp³-hybridized carbons (Fsp3) is 0.500. The van der Waals surface area contributed by atoms with Crippen LogP contribution in [0.3, 0.4) is 0 Å². The molecule has 0 spiro atoms. The number of benzene rings is 1. The van der Waals surface area contributed by atoms with Crippen LogP contribution in [-0.4, -0.2) is 41.4 Å². The summed E-state index contributed by atoms with van der Waals surface area (Å²) in [5.74, 6) is -0.562. The highest BCUT2D eigenvalue weighted by molar-refractivity contribution is 7.89. The molecule has 1 aromatic carbocycles. The molecule has 0 aliphatic carbocycles. The maximum Gasteiger partial charge on any atom is 0.312 e. The number of nitro benzene ring substituents is 1. The number of piperidine rings is 1. The van der Waals surface area contributed by atoms with Crippen molar-refractivity contribution < 1.29 is 18.4 Å². The number of aromatic hydroxyl groups is 1. The van der Waals surface area contributed by atoms with Crippen LogP contribution in [0.1, 0.15) is 19.8 Å². The van der Waals surface area contributed by atoms with Gasteiger partial charge in [-0.2, -0.15) is 4.31 Å². The van der Waals surface area contributed by atoms with Crippen molar-refractivity contribution >= 4 is 15.7 Å². The van der Waals surface area contributed by atoms with Gasteiger partial charge in [0.15, 0.2) is 5.75 Å². The van der Waals surface area contributed by atoms with Crippen molar-refractivity contribution in [2.45, 2.75) is 36.7 Å². The molecule has 1 heterocycles. The minimum absolute atomic E-state index is 0.0411. The van der Waals surface area contributed by atoms with Gasteiger partial charge >= 0.3 is 5.69 Å². The molecular weight excluding hydrogens is 298 g/mol. The van der Waals surface area contributed by atoms with Crippen molar-refractivity contribution in [3.05, 3.63) is 28.3 Å². The number of nitrogens with two attached hydrogens (primary N) is 1. The van der Waals surface area contributed by atoms with Crippen molar-refractivity contribution in [1.29, 1.82) is 0 Å². The van der Waals surface area contributed by atoms with E-state index in [0.29, 0.717) is 12.8 Å². The second-order valence-corrected chi connectivity index (χ2v) is 7.05. The second kappa shape index (κ2) is 5.58. The number of hydrogen-bond acceptors (Lipinski definition) is 6. The smallest absolute Gasteiger partial charge is 0.312 e. The maximum absolute atomic E-state index is 12.6. The van der Waals surface area contributed by atoms with Gasteiger partial charge in [-0.3, -0.25) is 10.1 Å². The molecule has 0 aromatic heterocycles. The maximum atomic E-state index is 12.6. The van der Waals surface area contributed by atoms with E-state index in [9.17, 15) is 23.6 Å². The first-order valence-electron chi connectivity index (χ1n) is 6.48. The van der Waals surface area contributed by atoms with Crippen molar-refractivity contribution in [1.82, 2.24) is 4.31 Å². The molecule has 0 amide bonds. The minimum Gasteiger partial charge on any atom is -0.502 e. The molecule has 1 aliphatic rings. The van der Waals surface area contributed by atoms with E-state index >= 15 is 0 Å². The average molecular weight is 315 g/mol. The van der Waals surface area contributed by atoms with Crippen LogP contribution in [-0.2, 0) is 10.0 Å². The highest BCUT2D eigenvalue weighted by atomic mass is 32.2. The zero-order valence-electron chi connectivity index (χ0n) is 11.5. The van der Waals surface area contributed by atoms with Gasteiger partial charge in [-0.1, -0.05) is 0 Å². The number of nitro groups is 1. The van der Waals surface area contributed by atoms with Gasteiger partial charge in [0.05, 0.1) is 9.82 Å². The molecule has 116 valence electrons. The average Bonchev–Trinajstić information content (AvgIpc) is 2.38. The largest absolute Gasteiger partial charge is 0.502 e. The summed E-state index contributed by atoms with van der Waals surface area (Å²) in [6.45, 7) is 2.03. The molecule has 1 fully saturated rings. The summed E-state index contributed by atoms with van der Waals surface area (Å²) >= 11 is 0. The summed E-state index contributed by atoms with van der Waals surface area (Å²) in [5, 5.41) is 20.2. The van der Waals surface area contributed by atoms with Gasteiger partial charge in [0, 0.05) is 24.7 Å². The van der Waals surface area contributed by atoms with E-state index in [1.807, 2.05) is 0 Å². The number of rotatable bonds is 3. The molecule has 0 saturated carbocycles. The van der Waals surface area contributed by atoms with Crippen molar-refractivity contribution in [3.8, 4) is 5.75 Å². The third kappa shape index (κ3) is 2.99. The van der Waals surface area contributed by atoms with Crippen LogP contribution in [0.15, 0.2) is 23.1 Å². The monoisotopic (exact) mass is 315 g/mol. The Morgan fingerprint density at radius 1 is 1.48 bits per heavy atom. The van der Waals surface area contributed by atoms with Crippen LogP contribution in [0.5, 0.6) is 5.75 Å². The lowest BCUT2D eigenvalue weighted by molar-refractivity contribution is -0.386. The Morgan fingerprint density at radius 3 is 2.71 bits per heavy atom. The topological polar surface area (TPSA) is 127 Å². The highest BCUT2D eigenvalue weighted by Crippen LogP contribution is 2.31. The van der Waals surface area contributed by atoms with E-state index in [1.165, 1.54) is 10.4 Å². The van der Waals surface area contributed by atoms with Gasteiger partial charge < -0.3 is 10.8 Å². The zero-order chi connectivity index (χ0) is 15.8. The third-order valence-corrected chi connectivity index (χ3v) is 5.62. The van der Waals surface area contributed by atoms with Gasteiger partial charge in [-0.05, 0) is 31.9 Å². The van der Waals surface area contributed by atoms with Gasteiger partial charge in [-0.25, -0.2) is 8.42 Å². The van der Waals surface area contributed by atoms with Gasteiger partial charge in [0.2, 0.25) is 10.0 Å². The van der Waals surface area contributed by atoms with E-state index in [1.54, 1.807) is 6.92 Å². The quantitative estimate of drug-likeness (QED) is 0.627. The molecule has 21 heavy (non-hydrogen) atoms. The minimum atomic E-state index is -3.85. The molecule has 9 heteroatoms. The summed E-state index contributed by atoms with van der Waals surface area (Å²) in [6, 6.07) is 2.75. The molecule has 3 N–H and O–H groups in total. The highest BCUT2D eigenvalue weighted by Gasteiger charge is 2.34. The summed E-state index contributed by atoms with van der Waals surface area (Å²) < 4.78 is 26.4. The lowest BCUT2D eigenvalue weighted by atomic mass is 10.0. The van der Waals surface area contributed by atoms with Crippen LogP contribution in [0.4, 0.5) is 5.69 Å². The van der Waals surface area contributed by atoms with Crippen LogP contribution >= 0.6 is 0 Å². The van der Waals surface area contributed by atoms with Crippen molar-refractivity contribution in [2.24, 2.45) is 5.73 Å². The number of phenolic OH excluding ortho intramolecular Hbond substituents is 1. The van der Waals surface area contributed by atoms with Gasteiger partial charge in [-0.15, -0.1) is 0 Å². The fourth-order valence-corrected chi connectivity index (χ4v) is 4.17. The molecule has 1 aromatic rings. The summed E-state index contributed by atoms with van der Waals surface area (Å²) in [4.78, 5) is 9.79. The molecule has 0 radical (unpaired) electrons. The Hall–Kier alpha value is -1.71. The first-order chi connectivity index (χ1) is 9.73. The molecular formula is C12H17N3O5S. The molecule has 2 atom stereocenters. The van der Waals surface area contributed by atoms with Crippen LogP contribution < -0.4 is 5.73 Å². The molecule has 1 saturated heterocycles. The summed E-state index contributed by atoms with van der Waals surface area (Å²) in [5.41, 5.74) is 5.18. The first-order valence-corrected chi connectivity index (χ1v) is 7.92. The first kappa shape index (κ1) is 15.7. The number of phenols is 1. The molecule has 1 aliphatic heterocycles. The molecule has 8 nitrogen and oxygen atoms in total. The van der Waals surface area contributed by atoms with Crippen LogP contribution in [0, 0.1) is 10.1 Å². The standard InChI is InChI=1S/C12H17N3O5S/c1-8-6-9(13)4-5-14(8)21(19,20)10-2-3-12(16)11(7-10)15(17)18/h2-3,7-9,16H,4-6,13H2,1H3. The number of sulfonamides is 1. The fourth-order valence-electron chi connectivity index (χ4n) is 2.49. The number of hydrogen-bond donors (Lipinski definition) is 2. The molecule has 0 bridgehead atoms. The summed E-state index contributed by atoms with van der Waals surface area (Å²) in [6.07, 6.45) is 1.09. The Balaban J connectivity index is 2.40. The van der Waals surface area contributed by atoms with Crippen LogP contribution in [0.25, 0.3) is 0 Å². The van der Waals surface area contributed by atoms with Crippen molar-refractivity contribution in [2.75, 3.05) is 6.54 Å². The molecule has 2 rings (SSSR count). The lowest BCUT2D eigenvalue weighted by Crippen LogP contribution is -2.48. The van der Waals surface area contributed by atoms with E-state index < -0.39 is 26.4 Å². The predicted octanol–water partition coefficient (Wildman–Crippen LogP) is 0.801. The Kier molecular flexibility index (Phi) is 4.17. The van der Waals surface area contributed by atoms with Crippen LogP contribution in [0.2, 0.25) is 0 Å². The van der Waals surface area contributed by atoms with Gasteiger partial charge in [0.1, 0.15) is 0 Å². The summed E-state index contributed by atoms with van der Waals surface area (Å²) in [7, 11) is -3.85. The zero-order valence-corrected chi connectivity index (χ0v) is 12.3. The Labute approximate surface area is 122 Å². The second-order valence-electron chi connectivity index (χ2n) is 5.16. The lowest BCUT2D eigenvalue weighted by Gasteiger charge is -2.35.